The maximum Gasteiger partial charge on any atom is 2.00 e. The van der Waals surface area contributed by atoms with Gasteiger partial charge >= 0.3 is 49.7 Å². The van der Waals surface area contributed by atoms with Gasteiger partial charge in [0.05, 0.1) is 11.1 Å². The van der Waals surface area contributed by atoms with E-state index in [2.05, 4.69) is 0 Å². The van der Waals surface area contributed by atoms with Gasteiger partial charge in [-0.15, -0.1) is 0 Å². The van der Waals surface area contributed by atoms with Crippen LogP contribution in [0.1, 0.15) is 23.6 Å². The molecule has 0 radical (unpaired) electrons. The molecule has 0 aliphatic rings. The molecule has 4 nitrogen and oxygen atoms in total. The van der Waals surface area contributed by atoms with Gasteiger partial charge in [-0.25, -0.2) is 9.59 Å². The minimum Gasteiger partial charge on any atom is -1.00 e. The molecule has 21 heavy (non-hydrogen) atoms. The van der Waals surface area contributed by atoms with Gasteiger partial charge in [0.25, 0.3) is 0 Å². The predicted octanol–water partition coefficient (Wildman–Crippen LogP) is 3.73. The van der Waals surface area contributed by atoms with Crippen molar-refractivity contribution in [3.8, 4) is 0 Å². The smallest absolute Gasteiger partial charge is 1.00 e. The standard InChI is InChI=1S/C14H10O4S2.Ca.2H/c15-13(16)9-1-5-11(6-2-9)19-20-12-7-3-10(4-8-12)14(17)18;;;/h1-8H,(H,15,16)(H,17,18);;;/q;+2;2*-1. The summed E-state index contributed by atoms with van der Waals surface area (Å²) >= 11 is 0. The third-order valence-electron chi connectivity index (χ3n) is 2.44. The molecule has 2 rings (SSSR count). The van der Waals surface area contributed by atoms with Gasteiger partial charge in [-0.05, 0) is 48.5 Å². The van der Waals surface area contributed by atoms with E-state index < -0.39 is 11.9 Å². The van der Waals surface area contributed by atoms with Gasteiger partial charge < -0.3 is 13.1 Å². The van der Waals surface area contributed by atoms with E-state index in [1.54, 1.807) is 48.5 Å². The molecule has 0 saturated carbocycles. The molecule has 0 unspecified atom stereocenters. The number of hydrogen-bond acceptors (Lipinski definition) is 4. The fourth-order valence-corrected chi connectivity index (χ4v) is 3.33. The van der Waals surface area contributed by atoms with Crippen LogP contribution in [0, 0.1) is 0 Å². The molecule has 0 amide bonds. The van der Waals surface area contributed by atoms with Crippen LogP contribution < -0.4 is 0 Å². The summed E-state index contributed by atoms with van der Waals surface area (Å²) in [5.74, 6) is -1.89. The fourth-order valence-electron chi connectivity index (χ4n) is 1.40. The Morgan fingerprint density at radius 3 is 1.24 bits per heavy atom. The number of rotatable bonds is 5. The molecule has 0 saturated heterocycles. The van der Waals surface area contributed by atoms with Gasteiger partial charge in [0.15, 0.2) is 0 Å². The summed E-state index contributed by atoms with van der Waals surface area (Å²) in [6.07, 6.45) is 0. The van der Waals surface area contributed by atoms with Crippen LogP contribution in [0.25, 0.3) is 0 Å². The summed E-state index contributed by atoms with van der Waals surface area (Å²) in [7, 11) is 2.97. The average Bonchev–Trinajstić information content (AvgIpc) is 2.46. The van der Waals surface area contributed by atoms with Gasteiger partial charge in [0.1, 0.15) is 0 Å². The third-order valence-corrected chi connectivity index (χ3v) is 4.85. The van der Waals surface area contributed by atoms with Crippen LogP contribution in [0.3, 0.4) is 0 Å². The van der Waals surface area contributed by atoms with E-state index >= 15 is 0 Å². The second-order valence-electron chi connectivity index (χ2n) is 3.83. The van der Waals surface area contributed by atoms with E-state index in [1.807, 2.05) is 0 Å². The van der Waals surface area contributed by atoms with Crippen molar-refractivity contribution < 1.29 is 22.7 Å². The van der Waals surface area contributed by atoms with Crippen molar-refractivity contribution in [1.29, 1.82) is 0 Å². The Kier molecular flexibility index (Phi) is 7.62. The molecule has 0 aliphatic heterocycles. The molecule has 0 spiro atoms. The Balaban J connectivity index is 0. The van der Waals surface area contributed by atoms with E-state index in [0.29, 0.717) is 0 Å². The molecule has 0 aliphatic carbocycles. The molecule has 2 aromatic carbocycles. The Bertz CT molecular complexity index is 579. The first-order chi connectivity index (χ1) is 9.56. The van der Waals surface area contributed by atoms with E-state index in [-0.39, 0.29) is 51.7 Å². The first kappa shape index (κ1) is 18.4. The zero-order valence-corrected chi connectivity index (χ0v) is 14.7. The molecule has 0 heterocycles. The van der Waals surface area contributed by atoms with Gasteiger partial charge in [-0.1, -0.05) is 21.6 Å². The number of benzene rings is 2. The number of carbonyl (C=O) groups is 2. The normalized spacial score (nSPS) is 9.71. The number of carboxylic acids is 2. The molecule has 106 valence electrons. The molecular formula is C14H12CaO4S2. The van der Waals surface area contributed by atoms with Gasteiger partial charge in [-0.3, -0.25) is 0 Å². The van der Waals surface area contributed by atoms with Crippen LogP contribution in [0.5, 0.6) is 0 Å². The molecule has 0 atom stereocenters. The quantitative estimate of drug-likeness (QED) is 0.633. The fraction of sp³-hybridized carbons (Fsp3) is 0. The van der Waals surface area contributed by atoms with Crippen molar-refractivity contribution >= 4 is 71.3 Å². The van der Waals surface area contributed by atoms with Gasteiger partial charge in [0.2, 0.25) is 0 Å². The Morgan fingerprint density at radius 2 is 1.00 bits per heavy atom. The topological polar surface area (TPSA) is 74.6 Å². The minimum absolute atomic E-state index is 0. The van der Waals surface area contributed by atoms with Crippen molar-refractivity contribution in [2.75, 3.05) is 0 Å². The third kappa shape index (κ3) is 5.56. The van der Waals surface area contributed by atoms with Crippen LogP contribution in [0.4, 0.5) is 0 Å². The zero-order chi connectivity index (χ0) is 14.5. The van der Waals surface area contributed by atoms with Crippen LogP contribution >= 0.6 is 21.6 Å². The Hall–Kier alpha value is -0.660. The zero-order valence-electron chi connectivity index (χ0n) is 12.9. The van der Waals surface area contributed by atoms with Crippen molar-refractivity contribution in [3.63, 3.8) is 0 Å². The van der Waals surface area contributed by atoms with Crippen LogP contribution in [-0.4, -0.2) is 59.9 Å². The van der Waals surface area contributed by atoms with E-state index in [0.717, 1.165) is 9.79 Å². The van der Waals surface area contributed by atoms with Crippen molar-refractivity contribution in [2.45, 2.75) is 9.79 Å². The SMILES string of the molecule is O=C(O)c1ccc(SSc2ccc(C(=O)O)cc2)cc1.[Ca+2].[H-].[H-]. The van der Waals surface area contributed by atoms with E-state index in [9.17, 15) is 9.59 Å². The molecule has 2 aromatic rings. The van der Waals surface area contributed by atoms with Crippen molar-refractivity contribution in [1.82, 2.24) is 0 Å². The van der Waals surface area contributed by atoms with Crippen LogP contribution in [0.2, 0.25) is 0 Å². The molecule has 2 N–H and O–H groups in total. The van der Waals surface area contributed by atoms with Gasteiger partial charge in [0, 0.05) is 9.79 Å². The molecular weight excluding hydrogens is 336 g/mol. The summed E-state index contributed by atoms with van der Waals surface area (Å²) in [6.45, 7) is 0. The maximum absolute atomic E-state index is 10.7. The average molecular weight is 348 g/mol. The van der Waals surface area contributed by atoms with Crippen LogP contribution in [0.15, 0.2) is 58.3 Å². The molecule has 0 aromatic heterocycles. The van der Waals surface area contributed by atoms with Crippen LogP contribution in [-0.2, 0) is 0 Å². The molecule has 7 heteroatoms. The first-order valence-corrected chi connectivity index (χ1v) is 7.72. The summed E-state index contributed by atoms with van der Waals surface area (Å²) in [5, 5.41) is 17.6. The monoisotopic (exact) mass is 348 g/mol. The molecule has 0 fully saturated rings. The summed E-state index contributed by atoms with van der Waals surface area (Å²) in [4.78, 5) is 23.3. The second kappa shape index (κ2) is 8.70. The Labute approximate surface area is 162 Å². The van der Waals surface area contributed by atoms with E-state index in [4.69, 9.17) is 10.2 Å². The van der Waals surface area contributed by atoms with Crippen molar-refractivity contribution in [3.05, 3.63) is 59.7 Å². The van der Waals surface area contributed by atoms with Crippen molar-refractivity contribution in [2.24, 2.45) is 0 Å². The number of aromatic carboxylic acids is 2. The molecule has 0 bridgehead atoms. The first-order valence-electron chi connectivity index (χ1n) is 5.57. The number of hydrogen-bond donors (Lipinski definition) is 2. The van der Waals surface area contributed by atoms with Gasteiger partial charge in [-0.2, -0.15) is 0 Å². The summed E-state index contributed by atoms with van der Waals surface area (Å²) < 4.78 is 0. The number of carboxylic acid groups (broad SMARTS) is 2. The maximum atomic E-state index is 10.7. The summed E-state index contributed by atoms with van der Waals surface area (Å²) in [6, 6.07) is 13.2. The minimum atomic E-state index is -0.946. The van der Waals surface area contributed by atoms with E-state index in [1.165, 1.54) is 21.6 Å². The predicted molar refractivity (Wildman–Crippen MR) is 86.5 cm³/mol. The largest absolute Gasteiger partial charge is 2.00 e. The Morgan fingerprint density at radius 1 is 0.714 bits per heavy atom. The summed E-state index contributed by atoms with van der Waals surface area (Å²) in [5.41, 5.74) is 0.510. The second-order valence-corrected chi connectivity index (χ2v) is 6.10.